The average molecular weight is 355 g/mol. The predicted molar refractivity (Wildman–Crippen MR) is 80.2 cm³/mol. The fourth-order valence-corrected chi connectivity index (χ4v) is 1.98. The molecule has 0 radical (unpaired) electrons. The van der Waals surface area contributed by atoms with Crippen molar-refractivity contribution in [3.05, 3.63) is 43.5 Å². The Hall–Kier alpha value is -3.57. The van der Waals surface area contributed by atoms with E-state index in [4.69, 9.17) is 10.2 Å². The van der Waals surface area contributed by atoms with Gasteiger partial charge in [-0.1, -0.05) is 0 Å². The summed E-state index contributed by atoms with van der Waals surface area (Å²) in [5, 5.41) is 41.4. The van der Waals surface area contributed by atoms with Crippen LogP contribution in [0.25, 0.3) is 0 Å². The summed E-state index contributed by atoms with van der Waals surface area (Å²) in [5.74, 6) is -3.88. The Balaban J connectivity index is 3.22. The molecular formula is C13H13N3O9. The molecule has 3 N–H and O–H groups in total. The van der Waals surface area contributed by atoms with Gasteiger partial charge in [-0.15, -0.1) is 0 Å². The van der Waals surface area contributed by atoms with Gasteiger partial charge in [-0.05, 0) is 13.3 Å². The van der Waals surface area contributed by atoms with Gasteiger partial charge in [-0.2, -0.15) is 0 Å². The molecule has 0 saturated carbocycles. The van der Waals surface area contributed by atoms with Crippen LogP contribution in [-0.2, 0) is 9.59 Å². The SMILES string of the molecule is Cc1c(C(=O)N[C@H](CCC(=O)O)C(=O)O)cc([N+](=O)[O-])cc1[N+](=O)[O-]. The Morgan fingerprint density at radius 1 is 1.16 bits per heavy atom. The minimum atomic E-state index is -1.57. The first-order chi connectivity index (χ1) is 11.5. The third-order valence-electron chi connectivity index (χ3n) is 3.27. The number of amides is 1. The molecule has 0 aromatic heterocycles. The van der Waals surface area contributed by atoms with E-state index in [2.05, 4.69) is 0 Å². The second-order valence-electron chi connectivity index (χ2n) is 4.95. The van der Waals surface area contributed by atoms with Crippen LogP contribution in [-0.4, -0.2) is 43.9 Å². The first-order valence-corrected chi connectivity index (χ1v) is 6.73. The first kappa shape index (κ1) is 19.5. The number of hydrogen-bond acceptors (Lipinski definition) is 7. The highest BCUT2D eigenvalue weighted by Crippen LogP contribution is 2.28. The zero-order chi connectivity index (χ0) is 19.3. The Labute approximate surface area is 139 Å². The molecule has 0 fully saturated rings. The highest BCUT2D eigenvalue weighted by molar-refractivity contribution is 5.99. The number of hydrogen-bond donors (Lipinski definition) is 3. The second kappa shape index (κ2) is 7.81. The van der Waals surface area contributed by atoms with Crippen molar-refractivity contribution in [1.82, 2.24) is 5.32 Å². The molecule has 1 rings (SSSR count). The number of carboxylic acids is 2. The van der Waals surface area contributed by atoms with Crippen molar-refractivity contribution in [1.29, 1.82) is 0 Å². The van der Waals surface area contributed by atoms with E-state index in [-0.39, 0.29) is 5.56 Å². The fraction of sp³-hybridized carbons (Fsp3) is 0.308. The van der Waals surface area contributed by atoms with Gasteiger partial charge in [0, 0.05) is 18.1 Å². The third kappa shape index (κ3) is 4.95. The van der Waals surface area contributed by atoms with E-state index >= 15 is 0 Å². The number of nitro groups is 2. The van der Waals surface area contributed by atoms with E-state index in [0.29, 0.717) is 6.07 Å². The number of nitrogens with one attached hydrogen (secondary N) is 1. The number of carboxylic acid groups (broad SMARTS) is 2. The number of benzene rings is 1. The molecule has 1 atom stereocenters. The van der Waals surface area contributed by atoms with Gasteiger partial charge >= 0.3 is 11.9 Å². The molecule has 12 heteroatoms. The summed E-state index contributed by atoms with van der Waals surface area (Å²) >= 11 is 0. The minimum Gasteiger partial charge on any atom is -0.481 e. The summed E-state index contributed by atoms with van der Waals surface area (Å²) in [6.07, 6.45) is -0.961. The zero-order valence-corrected chi connectivity index (χ0v) is 12.8. The number of nitro benzene ring substituents is 2. The molecule has 0 aliphatic carbocycles. The molecule has 0 saturated heterocycles. The van der Waals surface area contributed by atoms with Crippen molar-refractivity contribution in [3.63, 3.8) is 0 Å². The van der Waals surface area contributed by atoms with Crippen LogP contribution in [0, 0.1) is 27.2 Å². The van der Waals surface area contributed by atoms with Gasteiger partial charge in [0.1, 0.15) is 6.04 Å². The van der Waals surface area contributed by atoms with E-state index < -0.39 is 63.5 Å². The van der Waals surface area contributed by atoms with Gasteiger partial charge in [0.2, 0.25) is 0 Å². The van der Waals surface area contributed by atoms with Crippen LogP contribution in [0.2, 0.25) is 0 Å². The van der Waals surface area contributed by atoms with Crippen molar-refractivity contribution in [2.45, 2.75) is 25.8 Å². The van der Waals surface area contributed by atoms with Crippen molar-refractivity contribution < 1.29 is 34.4 Å². The maximum Gasteiger partial charge on any atom is 0.326 e. The molecule has 0 aliphatic rings. The second-order valence-corrected chi connectivity index (χ2v) is 4.95. The Kier molecular flexibility index (Phi) is 6.08. The lowest BCUT2D eigenvalue weighted by Gasteiger charge is -2.14. The van der Waals surface area contributed by atoms with E-state index in [1.165, 1.54) is 6.92 Å². The van der Waals surface area contributed by atoms with Gasteiger partial charge in [0.15, 0.2) is 0 Å². The van der Waals surface area contributed by atoms with Gasteiger partial charge < -0.3 is 15.5 Å². The van der Waals surface area contributed by atoms with Gasteiger partial charge in [0.05, 0.1) is 21.5 Å². The smallest absolute Gasteiger partial charge is 0.326 e. The molecule has 134 valence electrons. The van der Waals surface area contributed by atoms with Crippen molar-refractivity contribution in [3.8, 4) is 0 Å². The summed E-state index contributed by atoms with van der Waals surface area (Å²) in [7, 11) is 0. The fourth-order valence-electron chi connectivity index (χ4n) is 1.98. The minimum absolute atomic E-state index is 0.185. The van der Waals surface area contributed by atoms with Crippen LogP contribution in [0.15, 0.2) is 12.1 Å². The maximum absolute atomic E-state index is 12.2. The van der Waals surface area contributed by atoms with Crippen LogP contribution in [0.1, 0.15) is 28.8 Å². The lowest BCUT2D eigenvalue weighted by Crippen LogP contribution is -2.41. The van der Waals surface area contributed by atoms with Gasteiger partial charge in [0.25, 0.3) is 17.3 Å². The molecule has 1 aromatic carbocycles. The quantitative estimate of drug-likeness (QED) is 0.448. The normalized spacial score (nSPS) is 11.4. The third-order valence-corrected chi connectivity index (χ3v) is 3.27. The molecular weight excluding hydrogens is 342 g/mol. The molecule has 0 heterocycles. The largest absolute Gasteiger partial charge is 0.481 e. The first-order valence-electron chi connectivity index (χ1n) is 6.73. The van der Waals surface area contributed by atoms with Gasteiger partial charge in [-0.25, -0.2) is 4.79 Å². The number of carbonyl (C=O) groups is 3. The maximum atomic E-state index is 12.2. The lowest BCUT2D eigenvalue weighted by molar-refractivity contribution is -0.394. The van der Waals surface area contributed by atoms with E-state index in [1.807, 2.05) is 5.32 Å². The highest BCUT2D eigenvalue weighted by Gasteiger charge is 2.27. The summed E-state index contributed by atoms with van der Waals surface area (Å²) in [6.45, 7) is 1.18. The summed E-state index contributed by atoms with van der Waals surface area (Å²) in [4.78, 5) is 53.8. The molecule has 1 amide bonds. The number of rotatable bonds is 8. The standard InChI is InChI=1S/C13H13N3O9/c1-6-8(4-7(15(22)23)5-10(6)16(24)25)12(19)14-9(13(20)21)2-3-11(17)18/h4-5,9H,2-3H2,1H3,(H,14,19)(H,17,18)(H,20,21)/t9-/m1/s1. The van der Waals surface area contributed by atoms with Crippen LogP contribution < -0.4 is 5.32 Å². The van der Waals surface area contributed by atoms with Crippen molar-refractivity contribution in [2.24, 2.45) is 0 Å². The van der Waals surface area contributed by atoms with Crippen LogP contribution >= 0.6 is 0 Å². The molecule has 1 aromatic rings. The monoisotopic (exact) mass is 355 g/mol. The van der Waals surface area contributed by atoms with Crippen molar-refractivity contribution >= 4 is 29.2 Å². The molecule has 25 heavy (non-hydrogen) atoms. The topological polar surface area (TPSA) is 190 Å². The van der Waals surface area contributed by atoms with Crippen molar-refractivity contribution in [2.75, 3.05) is 0 Å². The van der Waals surface area contributed by atoms with Crippen LogP contribution in [0.5, 0.6) is 0 Å². The summed E-state index contributed by atoms with van der Waals surface area (Å²) in [6, 6.07) is -0.0970. The molecule has 12 nitrogen and oxygen atoms in total. The Morgan fingerprint density at radius 2 is 1.76 bits per heavy atom. The van der Waals surface area contributed by atoms with E-state index in [9.17, 15) is 34.6 Å². The molecule has 0 unspecified atom stereocenters. The number of aliphatic carboxylic acids is 2. The Morgan fingerprint density at radius 3 is 2.20 bits per heavy atom. The summed E-state index contributed by atoms with van der Waals surface area (Å²) in [5.41, 5.74) is -2.01. The molecule has 0 bridgehead atoms. The zero-order valence-electron chi connectivity index (χ0n) is 12.8. The Bertz CT molecular complexity index is 759. The summed E-state index contributed by atoms with van der Waals surface area (Å²) < 4.78 is 0. The average Bonchev–Trinajstić information content (AvgIpc) is 2.50. The van der Waals surface area contributed by atoms with Crippen LogP contribution in [0.3, 0.4) is 0 Å². The van der Waals surface area contributed by atoms with E-state index in [1.54, 1.807) is 0 Å². The number of nitrogens with zero attached hydrogens (tertiary/aromatic N) is 2. The highest BCUT2D eigenvalue weighted by atomic mass is 16.6. The lowest BCUT2D eigenvalue weighted by atomic mass is 10.0. The molecule has 0 spiro atoms. The van der Waals surface area contributed by atoms with Gasteiger partial charge in [-0.3, -0.25) is 29.8 Å². The molecule has 0 aliphatic heterocycles. The number of carbonyl (C=O) groups excluding carboxylic acids is 1. The predicted octanol–water partition coefficient (Wildman–Crippen LogP) is 0.859. The van der Waals surface area contributed by atoms with E-state index in [0.717, 1.165) is 6.07 Å². The number of non-ortho nitro benzene ring substituents is 1. The van der Waals surface area contributed by atoms with Crippen LogP contribution in [0.4, 0.5) is 11.4 Å².